The van der Waals surface area contributed by atoms with Crippen molar-refractivity contribution >= 4 is 31.9 Å². The van der Waals surface area contributed by atoms with Crippen molar-refractivity contribution in [2.75, 3.05) is 6.54 Å². The average molecular weight is 346 g/mol. The SMILES string of the molecule is CC(C)C1CC(=O)N(S(=O)(=O)c2ccc(Br)cc2)C1. The Morgan fingerprint density at radius 2 is 1.84 bits per heavy atom. The largest absolute Gasteiger partial charge is 0.274 e. The molecule has 1 aliphatic rings. The molecule has 1 fully saturated rings. The molecular formula is C13H16BrNO3S. The van der Waals surface area contributed by atoms with Gasteiger partial charge in [-0.15, -0.1) is 0 Å². The standard InChI is InChI=1S/C13H16BrNO3S/c1-9(2)10-7-13(16)15(8-10)19(17,18)12-5-3-11(14)4-6-12/h3-6,9-10H,7-8H2,1-2H3. The van der Waals surface area contributed by atoms with Crippen molar-refractivity contribution in [3.8, 4) is 0 Å². The van der Waals surface area contributed by atoms with Gasteiger partial charge in [0, 0.05) is 17.4 Å². The molecule has 2 rings (SSSR count). The van der Waals surface area contributed by atoms with Crippen LogP contribution in [-0.2, 0) is 14.8 Å². The minimum absolute atomic E-state index is 0.109. The van der Waals surface area contributed by atoms with Crippen molar-refractivity contribution in [3.05, 3.63) is 28.7 Å². The Balaban J connectivity index is 2.30. The van der Waals surface area contributed by atoms with Crippen LogP contribution in [0.5, 0.6) is 0 Å². The Morgan fingerprint density at radius 1 is 1.26 bits per heavy atom. The second kappa shape index (κ2) is 5.25. The van der Waals surface area contributed by atoms with Gasteiger partial charge in [0.25, 0.3) is 10.0 Å². The van der Waals surface area contributed by atoms with E-state index < -0.39 is 10.0 Å². The molecule has 19 heavy (non-hydrogen) atoms. The maximum atomic E-state index is 12.4. The summed E-state index contributed by atoms with van der Waals surface area (Å²) in [6.07, 6.45) is 0.313. The molecular weight excluding hydrogens is 330 g/mol. The van der Waals surface area contributed by atoms with Crippen molar-refractivity contribution in [3.63, 3.8) is 0 Å². The number of amides is 1. The molecule has 1 unspecified atom stereocenters. The number of nitrogens with zero attached hydrogens (tertiary/aromatic N) is 1. The van der Waals surface area contributed by atoms with Crippen LogP contribution in [0.15, 0.2) is 33.6 Å². The van der Waals surface area contributed by atoms with E-state index >= 15 is 0 Å². The summed E-state index contributed by atoms with van der Waals surface area (Å²) in [6, 6.07) is 6.34. The van der Waals surface area contributed by atoms with Gasteiger partial charge in [0.1, 0.15) is 0 Å². The van der Waals surface area contributed by atoms with E-state index in [0.717, 1.165) is 8.78 Å². The lowest BCUT2D eigenvalue weighted by atomic mass is 9.95. The van der Waals surface area contributed by atoms with Crippen LogP contribution in [0.2, 0.25) is 0 Å². The smallest absolute Gasteiger partial charge is 0.266 e. The van der Waals surface area contributed by atoms with Crippen LogP contribution < -0.4 is 0 Å². The Kier molecular flexibility index (Phi) is 4.01. The lowest BCUT2D eigenvalue weighted by molar-refractivity contribution is -0.123. The third kappa shape index (κ3) is 2.84. The molecule has 1 amide bonds. The maximum absolute atomic E-state index is 12.4. The fraction of sp³-hybridized carbons (Fsp3) is 0.462. The minimum atomic E-state index is -3.71. The van der Waals surface area contributed by atoms with Gasteiger partial charge < -0.3 is 0 Å². The van der Waals surface area contributed by atoms with E-state index in [1.807, 2.05) is 13.8 Å². The van der Waals surface area contributed by atoms with Gasteiger partial charge in [-0.25, -0.2) is 12.7 Å². The number of benzene rings is 1. The predicted molar refractivity (Wildman–Crippen MR) is 76.0 cm³/mol. The molecule has 1 aromatic rings. The molecule has 1 saturated heterocycles. The second-order valence-corrected chi connectivity index (χ2v) is 7.87. The molecule has 0 aromatic heterocycles. The zero-order valence-electron chi connectivity index (χ0n) is 10.8. The molecule has 1 aromatic carbocycles. The fourth-order valence-corrected chi connectivity index (χ4v) is 3.85. The van der Waals surface area contributed by atoms with Crippen LogP contribution in [0.1, 0.15) is 20.3 Å². The lowest BCUT2D eigenvalue weighted by Gasteiger charge is -2.18. The topological polar surface area (TPSA) is 54.5 Å². The van der Waals surface area contributed by atoms with Crippen molar-refractivity contribution in [2.45, 2.75) is 25.2 Å². The predicted octanol–water partition coefficient (Wildman–Crippen LogP) is 2.64. The molecule has 6 heteroatoms. The first kappa shape index (κ1) is 14.5. The summed E-state index contributed by atoms with van der Waals surface area (Å²) in [4.78, 5) is 12.1. The van der Waals surface area contributed by atoms with E-state index in [9.17, 15) is 13.2 Å². The van der Waals surface area contributed by atoms with Crippen molar-refractivity contribution in [2.24, 2.45) is 11.8 Å². The first-order chi connectivity index (χ1) is 8.82. The summed E-state index contributed by atoms with van der Waals surface area (Å²) in [7, 11) is -3.71. The Morgan fingerprint density at radius 3 is 2.32 bits per heavy atom. The Labute approximate surface area is 122 Å². The number of carbonyl (C=O) groups excluding carboxylic acids is 1. The highest BCUT2D eigenvalue weighted by molar-refractivity contribution is 9.10. The van der Waals surface area contributed by atoms with Crippen LogP contribution in [0.3, 0.4) is 0 Å². The van der Waals surface area contributed by atoms with Gasteiger partial charge in [-0.1, -0.05) is 29.8 Å². The molecule has 1 heterocycles. The fourth-order valence-electron chi connectivity index (χ4n) is 2.12. The molecule has 0 spiro atoms. The second-order valence-electron chi connectivity index (χ2n) is 5.09. The molecule has 4 nitrogen and oxygen atoms in total. The van der Waals surface area contributed by atoms with Gasteiger partial charge in [-0.2, -0.15) is 0 Å². The quantitative estimate of drug-likeness (QED) is 0.846. The van der Waals surface area contributed by atoms with Crippen LogP contribution in [0.25, 0.3) is 0 Å². The maximum Gasteiger partial charge on any atom is 0.266 e. The molecule has 0 aliphatic carbocycles. The number of halogens is 1. The van der Waals surface area contributed by atoms with Gasteiger partial charge in [0.05, 0.1) is 4.90 Å². The number of hydrogen-bond acceptors (Lipinski definition) is 3. The van der Waals surface area contributed by atoms with Crippen molar-refractivity contribution < 1.29 is 13.2 Å². The van der Waals surface area contributed by atoms with Gasteiger partial charge >= 0.3 is 0 Å². The zero-order chi connectivity index (χ0) is 14.2. The van der Waals surface area contributed by atoms with E-state index in [1.54, 1.807) is 12.1 Å². The average Bonchev–Trinajstić information content (AvgIpc) is 2.73. The van der Waals surface area contributed by atoms with E-state index in [4.69, 9.17) is 0 Å². The number of sulfonamides is 1. The van der Waals surface area contributed by atoms with Crippen molar-refractivity contribution in [1.82, 2.24) is 4.31 Å². The molecule has 1 atom stereocenters. The molecule has 1 aliphatic heterocycles. The minimum Gasteiger partial charge on any atom is -0.274 e. The highest BCUT2D eigenvalue weighted by Gasteiger charge is 2.39. The highest BCUT2D eigenvalue weighted by atomic mass is 79.9. The molecule has 0 saturated carbocycles. The van der Waals surface area contributed by atoms with Crippen LogP contribution in [-0.4, -0.2) is 25.2 Å². The van der Waals surface area contributed by atoms with Gasteiger partial charge in [0.2, 0.25) is 5.91 Å². The summed E-state index contributed by atoms with van der Waals surface area (Å²) in [5.74, 6) is 0.105. The summed E-state index contributed by atoms with van der Waals surface area (Å²) < 4.78 is 26.6. The summed E-state index contributed by atoms with van der Waals surface area (Å²) in [5, 5.41) is 0. The number of carbonyl (C=O) groups is 1. The van der Waals surface area contributed by atoms with Crippen LogP contribution in [0, 0.1) is 11.8 Å². The van der Waals surface area contributed by atoms with Gasteiger partial charge in [0.15, 0.2) is 0 Å². The molecule has 0 N–H and O–H groups in total. The van der Waals surface area contributed by atoms with Crippen molar-refractivity contribution in [1.29, 1.82) is 0 Å². The first-order valence-electron chi connectivity index (χ1n) is 6.13. The first-order valence-corrected chi connectivity index (χ1v) is 8.37. The third-order valence-corrected chi connectivity index (χ3v) is 5.79. The van der Waals surface area contributed by atoms with E-state index in [0.29, 0.717) is 12.3 Å². The molecule has 0 radical (unpaired) electrons. The Hall–Kier alpha value is -0.880. The highest BCUT2D eigenvalue weighted by Crippen LogP contribution is 2.29. The van der Waals surface area contributed by atoms with E-state index in [1.165, 1.54) is 12.1 Å². The normalized spacial score (nSPS) is 20.3. The van der Waals surface area contributed by atoms with Gasteiger partial charge in [-0.3, -0.25) is 4.79 Å². The lowest BCUT2D eigenvalue weighted by Crippen LogP contribution is -2.32. The Bertz CT molecular complexity index is 580. The summed E-state index contributed by atoms with van der Waals surface area (Å²) in [5.41, 5.74) is 0. The number of hydrogen-bond donors (Lipinski definition) is 0. The summed E-state index contributed by atoms with van der Waals surface area (Å²) >= 11 is 3.26. The number of rotatable bonds is 3. The monoisotopic (exact) mass is 345 g/mol. The van der Waals surface area contributed by atoms with E-state index in [-0.39, 0.29) is 23.3 Å². The van der Waals surface area contributed by atoms with Crippen LogP contribution in [0.4, 0.5) is 0 Å². The zero-order valence-corrected chi connectivity index (χ0v) is 13.2. The van der Waals surface area contributed by atoms with E-state index in [2.05, 4.69) is 15.9 Å². The third-order valence-electron chi connectivity index (χ3n) is 3.46. The summed E-state index contributed by atoms with van der Waals surface area (Å²) in [6.45, 7) is 4.30. The van der Waals surface area contributed by atoms with Gasteiger partial charge in [-0.05, 0) is 36.1 Å². The molecule has 0 bridgehead atoms. The van der Waals surface area contributed by atoms with Crippen LogP contribution >= 0.6 is 15.9 Å². The molecule has 104 valence electrons.